The van der Waals surface area contributed by atoms with E-state index in [-0.39, 0.29) is 6.61 Å². The first-order valence-corrected chi connectivity index (χ1v) is 5.98. The molecule has 0 bridgehead atoms. The third kappa shape index (κ3) is 2.50. The lowest BCUT2D eigenvalue weighted by Crippen LogP contribution is -2.32. The smallest absolute Gasteiger partial charge is 0.309 e. The topological polar surface area (TPSA) is 57.5 Å². The predicted molar refractivity (Wildman–Crippen MR) is 64.5 cm³/mol. The molecule has 0 aromatic heterocycles. The molecule has 0 radical (unpaired) electrons. The highest BCUT2D eigenvalue weighted by Gasteiger charge is 2.47. The number of aliphatic hydroxyl groups excluding tert-OH is 1. The molecule has 0 amide bonds. The fourth-order valence-electron chi connectivity index (χ4n) is 2.30. The van der Waals surface area contributed by atoms with E-state index in [1.807, 2.05) is 31.2 Å². The van der Waals surface area contributed by atoms with Crippen molar-refractivity contribution in [2.24, 2.45) is 11.3 Å². The summed E-state index contributed by atoms with van der Waals surface area (Å²) in [5, 5.41) is 18.3. The molecule has 1 atom stereocenters. The van der Waals surface area contributed by atoms with E-state index >= 15 is 0 Å². The molecule has 2 rings (SSSR count). The Bertz CT molecular complexity index is 406. The molecule has 2 N–H and O–H groups in total. The van der Waals surface area contributed by atoms with Gasteiger partial charge in [0.05, 0.1) is 12.0 Å². The fraction of sp³-hybridized carbons (Fsp3) is 0.500. The molecule has 17 heavy (non-hydrogen) atoms. The van der Waals surface area contributed by atoms with E-state index in [9.17, 15) is 9.90 Å². The Hall–Kier alpha value is -1.35. The molecule has 1 aromatic rings. The van der Waals surface area contributed by atoms with Gasteiger partial charge in [-0.05, 0) is 43.2 Å². The lowest BCUT2D eigenvalue weighted by Gasteiger charge is -2.24. The Morgan fingerprint density at radius 3 is 2.24 bits per heavy atom. The van der Waals surface area contributed by atoms with Crippen molar-refractivity contribution >= 4 is 5.97 Å². The predicted octanol–water partition coefficient (Wildman–Crippen LogP) is 2.22. The maximum Gasteiger partial charge on any atom is 0.309 e. The average molecular weight is 234 g/mol. The van der Waals surface area contributed by atoms with Crippen molar-refractivity contribution < 1.29 is 15.0 Å². The van der Waals surface area contributed by atoms with Crippen molar-refractivity contribution in [1.29, 1.82) is 0 Å². The van der Waals surface area contributed by atoms with Gasteiger partial charge >= 0.3 is 5.97 Å². The molecule has 1 fully saturated rings. The summed E-state index contributed by atoms with van der Waals surface area (Å²) in [6.45, 7) is 1.87. The number of rotatable bonds is 5. The summed E-state index contributed by atoms with van der Waals surface area (Å²) in [5.41, 5.74) is 1.25. The molecule has 0 aliphatic heterocycles. The van der Waals surface area contributed by atoms with Crippen molar-refractivity contribution in [2.45, 2.75) is 32.8 Å². The first-order valence-electron chi connectivity index (χ1n) is 5.98. The van der Waals surface area contributed by atoms with Gasteiger partial charge in [-0.3, -0.25) is 4.79 Å². The first kappa shape index (κ1) is 12.1. The van der Waals surface area contributed by atoms with Crippen LogP contribution in [-0.4, -0.2) is 16.2 Å². The Kier molecular flexibility index (Phi) is 3.20. The van der Waals surface area contributed by atoms with Gasteiger partial charge in [0, 0.05) is 0 Å². The van der Waals surface area contributed by atoms with Crippen LogP contribution in [0, 0.1) is 11.3 Å². The summed E-state index contributed by atoms with van der Waals surface area (Å²) in [6.07, 6.45) is 2.62. The van der Waals surface area contributed by atoms with E-state index in [4.69, 9.17) is 5.11 Å². The van der Waals surface area contributed by atoms with Crippen molar-refractivity contribution in [1.82, 2.24) is 0 Å². The van der Waals surface area contributed by atoms with E-state index in [2.05, 4.69) is 0 Å². The molecule has 0 spiro atoms. The number of carboxylic acids is 1. The minimum Gasteiger partial charge on any atom is -0.481 e. The Morgan fingerprint density at radius 1 is 1.29 bits per heavy atom. The molecule has 1 aromatic carbocycles. The molecule has 92 valence electrons. The van der Waals surface area contributed by atoms with E-state index in [0.29, 0.717) is 12.3 Å². The number of carbonyl (C=O) groups is 1. The van der Waals surface area contributed by atoms with Crippen LogP contribution in [0.4, 0.5) is 0 Å². The quantitative estimate of drug-likeness (QED) is 0.821. The van der Waals surface area contributed by atoms with Crippen LogP contribution >= 0.6 is 0 Å². The minimum atomic E-state index is -0.703. The van der Waals surface area contributed by atoms with Crippen LogP contribution in [0.5, 0.6) is 0 Å². The zero-order chi connectivity index (χ0) is 12.5. The third-order valence-corrected chi connectivity index (χ3v) is 3.74. The van der Waals surface area contributed by atoms with E-state index in [1.54, 1.807) is 0 Å². The van der Waals surface area contributed by atoms with Gasteiger partial charge in [0.1, 0.15) is 0 Å². The van der Waals surface area contributed by atoms with E-state index < -0.39 is 11.4 Å². The highest BCUT2D eigenvalue weighted by molar-refractivity contribution is 5.75. The maximum atomic E-state index is 11.4. The molecule has 0 heterocycles. The second-order valence-electron chi connectivity index (χ2n) is 5.15. The Balaban J connectivity index is 2.14. The lowest BCUT2D eigenvalue weighted by atomic mass is 9.79. The van der Waals surface area contributed by atoms with Gasteiger partial charge in [-0.2, -0.15) is 0 Å². The molecule has 1 aliphatic rings. The second-order valence-corrected chi connectivity index (χ2v) is 5.15. The fourth-order valence-corrected chi connectivity index (χ4v) is 2.30. The summed E-state index contributed by atoms with van der Waals surface area (Å²) >= 11 is 0. The van der Waals surface area contributed by atoms with Crippen molar-refractivity contribution in [2.75, 3.05) is 0 Å². The standard InChI is InChI=1S/C14H18O3/c1-14(13(16)17,12-6-7-12)8-10-2-4-11(9-15)5-3-10/h2-5,12,15H,6-9H2,1H3,(H,16,17). The molecular formula is C14H18O3. The average Bonchev–Trinajstić information content (AvgIpc) is 3.13. The number of aliphatic hydroxyl groups is 1. The maximum absolute atomic E-state index is 11.4. The zero-order valence-corrected chi connectivity index (χ0v) is 10.0. The van der Waals surface area contributed by atoms with Crippen LogP contribution < -0.4 is 0 Å². The molecular weight excluding hydrogens is 216 g/mol. The Labute approximate surface area is 101 Å². The minimum absolute atomic E-state index is 0.0269. The summed E-state index contributed by atoms with van der Waals surface area (Å²) in [7, 11) is 0. The van der Waals surface area contributed by atoms with Crippen molar-refractivity contribution in [3.8, 4) is 0 Å². The highest BCUT2D eigenvalue weighted by Crippen LogP contribution is 2.47. The Morgan fingerprint density at radius 2 is 1.82 bits per heavy atom. The highest BCUT2D eigenvalue weighted by atomic mass is 16.4. The molecule has 1 unspecified atom stereocenters. The van der Waals surface area contributed by atoms with Gasteiger partial charge in [0.15, 0.2) is 0 Å². The van der Waals surface area contributed by atoms with Crippen LogP contribution in [0.1, 0.15) is 30.9 Å². The van der Waals surface area contributed by atoms with Crippen molar-refractivity contribution in [3.63, 3.8) is 0 Å². The van der Waals surface area contributed by atoms with Gasteiger partial charge in [0.25, 0.3) is 0 Å². The monoisotopic (exact) mass is 234 g/mol. The zero-order valence-electron chi connectivity index (χ0n) is 10.0. The van der Waals surface area contributed by atoms with Gasteiger partial charge in [-0.15, -0.1) is 0 Å². The van der Waals surface area contributed by atoms with Gasteiger partial charge in [-0.25, -0.2) is 0 Å². The second kappa shape index (κ2) is 4.49. The molecule has 0 saturated heterocycles. The lowest BCUT2D eigenvalue weighted by molar-refractivity contribution is -0.149. The molecule has 3 heteroatoms. The molecule has 1 saturated carbocycles. The van der Waals surface area contributed by atoms with E-state index in [1.165, 1.54) is 0 Å². The van der Waals surface area contributed by atoms with Gasteiger partial charge in [0.2, 0.25) is 0 Å². The van der Waals surface area contributed by atoms with Crippen LogP contribution in [-0.2, 0) is 17.8 Å². The van der Waals surface area contributed by atoms with Crippen molar-refractivity contribution in [3.05, 3.63) is 35.4 Å². The summed E-state index contributed by atoms with van der Waals surface area (Å²) in [5.74, 6) is -0.385. The largest absolute Gasteiger partial charge is 0.481 e. The molecule has 1 aliphatic carbocycles. The van der Waals surface area contributed by atoms with Gasteiger partial charge < -0.3 is 10.2 Å². The summed E-state index contributed by atoms with van der Waals surface area (Å²) < 4.78 is 0. The SMILES string of the molecule is CC(Cc1ccc(CO)cc1)(C(=O)O)C1CC1. The first-order chi connectivity index (χ1) is 8.06. The normalized spacial score (nSPS) is 18.7. The van der Waals surface area contributed by atoms with Crippen LogP contribution in [0.25, 0.3) is 0 Å². The van der Waals surface area contributed by atoms with E-state index in [0.717, 1.165) is 24.0 Å². The van der Waals surface area contributed by atoms with Crippen LogP contribution in [0.2, 0.25) is 0 Å². The molecule has 3 nitrogen and oxygen atoms in total. The van der Waals surface area contributed by atoms with Crippen LogP contribution in [0.3, 0.4) is 0 Å². The number of carboxylic acid groups (broad SMARTS) is 1. The van der Waals surface area contributed by atoms with Gasteiger partial charge in [-0.1, -0.05) is 24.3 Å². The summed E-state index contributed by atoms with van der Waals surface area (Å²) in [4.78, 5) is 11.4. The van der Waals surface area contributed by atoms with Crippen LogP contribution in [0.15, 0.2) is 24.3 Å². The number of hydrogen-bond acceptors (Lipinski definition) is 2. The number of aliphatic carboxylic acids is 1. The third-order valence-electron chi connectivity index (χ3n) is 3.74. The number of hydrogen-bond donors (Lipinski definition) is 2. The summed E-state index contributed by atoms with van der Waals surface area (Å²) in [6, 6.07) is 7.53. The number of benzene rings is 1.